The van der Waals surface area contributed by atoms with E-state index in [9.17, 15) is 4.79 Å². The molecule has 0 radical (unpaired) electrons. The number of H-pyrrole nitrogens is 1. The summed E-state index contributed by atoms with van der Waals surface area (Å²) in [6, 6.07) is 5.00. The minimum absolute atomic E-state index is 0.110. The van der Waals surface area contributed by atoms with E-state index in [0.717, 1.165) is 16.6 Å². The Bertz CT molecular complexity index is 489. The predicted molar refractivity (Wildman–Crippen MR) is 50.3 cm³/mol. The smallest absolute Gasteiger partial charge is 0.248 e. The summed E-state index contributed by atoms with van der Waals surface area (Å²) in [6.45, 7) is 0.382. The van der Waals surface area contributed by atoms with E-state index in [2.05, 4.69) is 9.97 Å². The third kappa shape index (κ3) is 1.43. The standard InChI is InChI=1S/C9H9N3O/c10-4-7-3-8-6(5-11-7)1-2-9(13)12-8/h1-3,5H,4,10H2,(H,12,13). The van der Waals surface area contributed by atoms with Gasteiger partial charge in [0.15, 0.2) is 0 Å². The van der Waals surface area contributed by atoms with Crippen molar-refractivity contribution in [2.45, 2.75) is 6.54 Å². The number of hydrogen-bond donors (Lipinski definition) is 2. The van der Waals surface area contributed by atoms with Crippen molar-refractivity contribution >= 4 is 10.9 Å². The third-order valence-corrected chi connectivity index (χ3v) is 1.87. The van der Waals surface area contributed by atoms with Gasteiger partial charge in [0, 0.05) is 24.2 Å². The van der Waals surface area contributed by atoms with Crippen molar-refractivity contribution in [3.63, 3.8) is 0 Å². The van der Waals surface area contributed by atoms with E-state index in [0.29, 0.717) is 6.54 Å². The summed E-state index contributed by atoms with van der Waals surface area (Å²) in [5.74, 6) is 0. The molecule has 0 unspecified atom stereocenters. The molecular weight excluding hydrogens is 166 g/mol. The van der Waals surface area contributed by atoms with Gasteiger partial charge in [-0.2, -0.15) is 0 Å². The van der Waals surface area contributed by atoms with E-state index in [4.69, 9.17) is 5.73 Å². The number of nitrogens with one attached hydrogen (secondary N) is 1. The monoisotopic (exact) mass is 175 g/mol. The van der Waals surface area contributed by atoms with Gasteiger partial charge in [0.05, 0.1) is 11.2 Å². The Balaban J connectivity index is 2.75. The second kappa shape index (κ2) is 2.99. The lowest BCUT2D eigenvalue weighted by atomic mass is 10.2. The SMILES string of the molecule is NCc1cc2[nH]c(=O)ccc2cn1. The molecule has 3 N–H and O–H groups in total. The molecule has 0 aromatic carbocycles. The van der Waals surface area contributed by atoms with Crippen molar-refractivity contribution in [3.8, 4) is 0 Å². The maximum absolute atomic E-state index is 11.0. The molecule has 0 aliphatic heterocycles. The Morgan fingerprint density at radius 2 is 2.31 bits per heavy atom. The number of aromatic nitrogens is 2. The van der Waals surface area contributed by atoms with E-state index in [1.54, 1.807) is 18.3 Å². The number of nitrogens with two attached hydrogens (primary N) is 1. The van der Waals surface area contributed by atoms with Crippen LogP contribution in [0.2, 0.25) is 0 Å². The normalized spacial score (nSPS) is 10.5. The highest BCUT2D eigenvalue weighted by molar-refractivity contribution is 5.77. The summed E-state index contributed by atoms with van der Waals surface area (Å²) < 4.78 is 0. The molecule has 0 spiro atoms. The van der Waals surface area contributed by atoms with Crippen LogP contribution >= 0.6 is 0 Å². The lowest BCUT2D eigenvalue weighted by molar-refractivity contribution is 0.995. The van der Waals surface area contributed by atoms with Gasteiger partial charge < -0.3 is 10.7 Å². The Labute approximate surface area is 74.4 Å². The molecule has 0 aliphatic carbocycles. The fourth-order valence-corrected chi connectivity index (χ4v) is 1.20. The van der Waals surface area contributed by atoms with Gasteiger partial charge in [-0.1, -0.05) is 0 Å². The second-order valence-corrected chi connectivity index (χ2v) is 2.79. The van der Waals surface area contributed by atoms with Crippen molar-refractivity contribution in [2.75, 3.05) is 0 Å². The Morgan fingerprint density at radius 1 is 1.46 bits per heavy atom. The van der Waals surface area contributed by atoms with Crippen molar-refractivity contribution in [1.29, 1.82) is 0 Å². The number of fused-ring (bicyclic) bond motifs is 1. The van der Waals surface area contributed by atoms with Gasteiger partial charge in [-0.05, 0) is 12.1 Å². The second-order valence-electron chi connectivity index (χ2n) is 2.79. The number of pyridine rings is 2. The van der Waals surface area contributed by atoms with Crippen molar-refractivity contribution in [1.82, 2.24) is 9.97 Å². The minimum Gasteiger partial charge on any atom is -0.325 e. The zero-order valence-corrected chi connectivity index (χ0v) is 6.95. The molecule has 0 aliphatic rings. The first-order valence-corrected chi connectivity index (χ1v) is 3.97. The van der Waals surface area contributed by atoms with Crippen molar-refractivity contribution < 1.29 is 0 Å². The average Bonchev–Trinajstić information content (AvgIpc) is 2.16. The van der Waals surface area contributed by atoms with Crippen LogP contribution in [0, 0.1) is 0 Å². The van der Waals surface area contributed by atoms with E-state index >= 15 is 0 Å². The largest absolute Gasteiger partial charge is 0.325 e. The van der Waals surface area contributed by atoms with E-state index in [-0.39, 0.29) is 5.56 Å². The average molecular weight is 175 g/mol. The highest BCUT2D eigenvalue weighted by atomic mass is 16.1. The van der Waals surface area contributed by atoms with Gasteiger partial charge in [0.25, 0.3) is 0 Å². The highest BCUT2D eigenvalue weighted by Crippen LogP contribution is 2.08. The summed E-state index contributed by atoms with van der Waals surface area (Å²) in [7, 11) is 0. The zero-order chi connectivity index (χ0) is 9.26. The molecule has 0 saturated heterocycles. The molecule has 0 bridgehead atoms. The Morgan fingerprint density at radius 3 is 3.08 bits per heavy atom. The molecule has 4 nitrogen and oxygen atoms in total. The van der Waals surface area contributed by atoms with Crippen molar-refractivity contribution in [2.24, 2.45) is 5.73 Å². The van der Waals surface area contributed by atoms with Crippen LogP contribution in [0.4, 0.5) is 0 Å². The molecule has 0 atom stereocenters. The molecule has 2 aromatic rings. The quantitative estimate of drug-likeness (QED) is 0.658. The van der Waals surface area contributed by atoms with Crippen LogP contribution in [-0.4, -0.2) is 9.97 Å². The van der Waals surface area contributed by atoms with Crippen LogP contribution < -0.4 is 11.3 Å². The molecule has 2 heterocycles. The maximum atomic E-state index is 11.0. The first-order valence-electron chi connectivity index (χ1n) is 3.97. The highest BCUT2D eigenvalue weighted by Gasteiger charge is 1.96. The van der Waals surface area contributed by atoms with Gasteiger partial charge >= 0.3 is 0 Å². The van der Waals surface area contributed by atoms with Crippen LogP contribution in [0.3, 0.4) is 0 Å². The minimum atomic E-state index is -0.110. The maximum Gasteiger partial charge on any atom is 0.248 e. The lowest BCUT2D eigenvalue weighted by Gasteiger charge is -1.98. The van der Waals surface area contributed by atoms with Gasteiger partial charge in [0.1, 0.15) is 0 Å². The Hall–Kier alpha value is -1.68. The number of aromatic amines is 1. The van der Waals surface area contributed by atoms with Gasteiger partial charge in [-0.15, -0.1) is 0 Å². The summed E-state index contributed by atoms with van der Waals surface area (Å²) >= 11 is 0. The predicted octanol–water partition coefficient (Wildman–Crippen LogP) is 0.382. The number of rotatable bonds is 1. The lowest BCUT2D eigenvalue weighted by Crippen LogP contribution is -2.04. The van der Waals surface area contributed by atoms with E-state index in [1.807, 2.05) is 0 Å². The van der Waals surface area contributed by atoms with Crippen LogP contribution in [-0.2, 0) is 6.54 Å². The number of hydrogen-bond acceptors (Lipinski definition) is 3. The molecule has 2 aromatic heterocycles. The number of nitrogens with zero attached hydrogens (tertiary/aromatic N) is 1. The molecule has 2 rings (SSSR count). The first kappa shape index (κ1) is 7.94. The van der Waals surface area contributed by atoms with E-state index < -0.39 is 0 Å². The summed E-state index contributed by atoms with van der Waals surface area (Å²) in [6.07, 6.45) is 1.70. The van der Waals surface area contributed by atoms with Gasteiger partial charge in [0.2, 0.25) is 5.56 Å². The summed E-state index contributed by atoms with van der Waals surface area (Å²) in [5.41, 5.74) is 6.87. The molecule has 66 valence electrons. The Kier molecular flexibility index (Phi) is 1.83. The summed E-state index contributed by atoms with van der Waals surface area (Å²) in [5, 5.41) is 0.914. The molecular formula is C9H9N3O. The van der Waals surface area contributed by atoms with Crippen LogP contribution in [0.5, 0.6) is 0 Å². The molecule has 13 heavy (non-hydrogen) atoms. The van der Waals surface area contributed by atoms with E-state index in [1.165, 1.54) is 6.07 Å². The van der Waals surface area contributed by atoms with Crippen LogP contribution in [0.25, 0.3) is 10.9 Å². The topological polar surface area (TPSA) is 71.8 Å². The zero-order valence-electron chi connectivity index (χ0n) is 6.95. The molecule has 4 heteroatoms. The van der Waals surface area contributed by atoms with Gasteiger partial charge in [-0.25, -0.2) is 0 Å². The van der Waals surface area contributed by atoms with Crippen LogP contribution in [0.1, 0.15) is 5.69 Å². The third-order valence-electron chi connectivity index (χ3n) is 1.87. The van der Waals surface area contributed by atoms with Gasteiger partial charge in [-0.3, -0.25) is 9.78 Å². The fourth-order valence-electron chi connectivity index (χ4n) is 1.20. The van der Waals surface area contributed by atoms with Crippen molar-refractivity contribution in [3.05, 3.63) is 40.4 Å². The molecule has 0 saturated carbocycles. The molecule has 0 amide bonds. The molecule has 0 fully saturated rings. The van der Waals surface area contributed by atoms with Crippen LogP contribution in [0.15, 0.2) is 29.2 Å². The summed E-state index contributed by atoms with van der Waals surface area (Å²) in [4.78, 5) is 17.8. The fraction of sp³-hybridized carbons (Fsp3) is 0.111. The first-order chi connectivity index (χ1) is 6.29.